The van der Waals surface area contributed by atoms with E-state index in [1.165, 1.54) is 10.9 Å². The second-order valence-electron chi connectivity index (χ2n) is 2.35. The second-order valence-corrected chi connectivity index (χ2v) is 3.97. The van der Waals surface area contributed by atoms with E-state index in [2.05, 4.69) is 5.10 Å². The zero-order valence-electron chi connectivity index (χ0n) is 6.35. The molecule has 0 spiro atoms. The molecule has 0 bridgehead atoms. The van der Waals surface area contributed by atoms with E-state index in [0.717, 1.165) is 0 Å². The molecule has 64 valence electrons. The van der Waals surface area contributed by atoms with Crippen molar-refractivity contribution in [1.82, 2.24) is 9.78 Å². The van der Waals surface area contributed by atoms with Crippen molar-refractivity contribution in [2.45, 2.75) is 11.8 Å². The highest BCUT2D eigenvalue weighted by Crippen LogP contribution is 2.41. The molecule has 0 aliphatic heterocycles. The fourth-order valence-electron chi connectivity index (χ4n) is 0.873. The van der Waals surface area contributed by atoms with Crippen molar-refractivity contribution in [1.29, 1.82) is 0 Å². The molecule has 1 rings (SSSR count). The van der Waals surface area contributed by atoms with Crippen LogP contribution >= 0.6 is 10.8 Å². The van der Waals surface area contributed by atoms with Crippen molar-refractivity contribution in [3.63, 3.8) is 0 Å². The molecule has 4 N–H and O–H groups in total. The van der Waals surface area contributed by atoms with Gasteiger partial charge >= 0.3 is 0 Å². The molecular weight excluding hydrogens is 166 g/mol. The van der Waals surface area contributed by atoms with Crippen molar-refractivity contribution < 1.29 is 9.11 Å². The Morgan fingerprint density at radius 1 is 1.64 bits per heavy atom. The first-order valence-corrected chi connectivity index (χ1v) is 4.58. The SMILES string of the molecule is Cc1nn(C)cc1S(N)(O)O. The average molecular weight is 177 g/mol. The standard InChI is InChI=1S/C5H11N3O2S/c1-4-5(11(6,9)10)3-8(2)7-4/h3,9-10H,6H2,1-2H3. The lowest BCUT2D eigenvalue weighted by Gasteiger charge is -2.24. The summed E-state index contributed by atoms with van der Waals surface area (Å²) in [6, 6.07) is 0. The van der Waals surface area contributed by atoms with Crippen LogP contribution in [-0.4, -0.2) is 18.9 Å². The molecule has 0 saturated carbocycles. The molecule has 6 heteroatoms. The van der Waals surface area contributed by atoms with Gasteiger partial charge in [0.2, 0.25) is 0 Å². The number of aromatic nitrogens is 2. The van der Waals surface area contributed by atoms with Gasteiger partial charge in [0.1, 0.15) is 4.90 Å². The fraction of sp³-hybridized carbons (Fsp3) is 0.400. The van der Waals surface area contributed by atoms with Crippen LogP contribution in [0.5, 0.6) is 0 Å². The normalized spacial score (nSPS) is 13.5. The molecule has 0 fully saturated rings. The topological polar surface area (TPSA) is 84.3 Å². The largest absolute Gasteiger partial charge is 0.282 e. The summed E-state index contributed by atoms with van der Waals surface area (Å²) >= 11 is 0. The van der Waals surface area contributed by atoms with E-state index in [0.29, 0.717) is 10.6 Å². The summed E-state index contributed by atoms with van der Waals surface area (Å²) in [5, 5.41) is 9.03. The van der Waals surface area contributed by atoms with Gasteiger partial charge in [-0.1, -0.05) is 0 Å². The van der Waals surface area contributed by atoms with E-state index in [1.807, 2.05) is 0 Å². The minimum atomic E-state index is -3.10. The summed E-state index contributed by atoms with van der Waals surface area (Å²) in [4.78, 5) is 0.306. The molecule has 5 nitrogen and oxygen atoms in total. The third-order valence-electron chi connectivity index (χ3n) is 1.29. The van der Waals surface area contributed by atoms with Gasteiger partial charge in [-0.3, -0.25) is 13.8 Å². The molecule has 1 aromatic rings. The van der Waals surface area contributed by atoms with E-state index < -0.39 is 10.8 Å². The summed E-state index contributed by atoms with van der Waals surface area (Å²) in [7, 11) is -1.40. The van der Waals surface area contributed by atoms with Crippen LogP contribution in [0.2, 0.25) is 0 Å². The monoisotopic (exact) mass is 177 g/mol. The van der Waals surface area contributed by atoms with Crippen LogP contribution < -0.4 is 5.14 Å². The van der Waals surface area contributed by atoms with E-state index in [1.54, 1.807) is 14.0 Å². The van der Waals surface area contributed by atoms with E-state index >= 15 is 0 Å². The Kier molecular flexibility index (Phi) is 1.93. The van der Waals surface area contributed by atoms with E-state index in [9.17, 15) is 0 Å². The maximum absolute atomic E-state index is 9.05. The third-order valence-corrected chi connectivity index (χ3v) is 2.34. The zero-order chi connectivity index (χ0) is 8.65. The third kappa shape index (κ3) is 1.72. The van der Waals surface area contributed by atoms with Crippen molar-refractivity contribution in [3.05, 3.63) is 11.9 Å². The minimum Gasteiger partial charge on any atom is -0.282 e. The molecule has 11 heavy (non-hydrogen) atoms. The number of nitrogens with two attached hydrogens (primary N) is 1. The predicted octanol–water partition coefficient (Wildman–Crippen LogP) is 0.712. The number of aryl methyl sites for hydroxylation is 2. The van der Waals surface area contributed by atoms with Crippen LogP contribution in [0, 0.1) is 6.92 Å². The van der Waals surface area contributed by atoms with Crippen molar-refractivity contribution in [2.24, 2.45) is 12.2 Å². The molecule has 0 atom stereocenters. The fourth-order valence-corrected chi connectivity index (χ4v) is 1.66. The summed E-state index contributed by atoms with van der Waals surface area (Å²) in [5.74, 6) is 0. The highest BCUT2D eigenvalue weighted by atomic mass is 32.3. The van der Waals surface area contributed by atoms with Crippen LogP contribution in [0.25, 0.3) is 0 Å². The molecule has 1 aromatic heterocycles. The minimum absolute atomic E-state index is 0.306. The van der Waals surface area contributed by atoms with Gasteiger partial charge in [0.25, 0.3) is 0 Å². The first-order chi connectivity index (χ1) is 4.91. The predicted molar refractivity (Wildman–Crippen MR) is 43.2 cm³/mol. The van der Waals surface area contributed by atoms with Crippen molar-refractivity contribution in [2.75, 3.05) is 0 Å². The molecular formula is C5H11N3O2S. The summed E-state index contributed by atoms with van der Waals surface area (Å²) in [5.41, 5.74) is 0.551. The van der Waals surface area contributed by atoms with Gasteiger partial charge in [-0.2, -0.15) is 5.10 Å². The van der Waals surface area contributed by atoms with E-state index in [-0.39, 0.29) is 0 Å². The summed E-state index contributed by atoms with van der Waals surface area (Å²) in [6.45, 7) is 1.68. The van der Waals surface area contributed by atoms with Crippen LogP contribution in [-0.2, 0) is 7.05 Å². The first-order valence-electron chi connectivity index (χ1n) is 2.97. The molecule has 0 unspecified atom stereocenters. The summed E-state index contributed by atoms with van der Waals surface area (Å²) in [6.07, 6.45) is 1.50. The Morgan fingerprint density at radius 2 is 2.18 bits per heavy atom. The second kappa shape index (κ2) is 2.49. The Morgan fingerprint density at radius 3 is 2.36 bits per heavy atom. The number of rotatable bonds is 1. The maximum atomic E-state index is 9.05. The van der Waals surface area contributed by atoms with Gasteiger partial charge in [-0.25, -0.2) is 5.14 Å². The lowest BCUT2D eigenvalue weighted by atomic mass is 10.5. The van der Waals surface area contributed by atoms with Crippen LogP contribution in [0.15, 0.2) is 11.1 Å². The highest BCUT2D eigenvalue weighted by molar-refractivity contribution is 8.22. The van der Waals surface area contributed by atoms with Gasteiger partial charge in [0.15, 0.2) is 0 Å². The quantitative estimate of drug-likeness (QED) is 0.590. The van der Waals surface area contributed by atoms with Gasteiger partial charge < -0.3 is 0 Å². The van der Waals surface area contributed by atoms with Crippen LogP contribution in [0.3, 0.4) is 0 Å². The van der Waals surface area contributed by atoms with Gasteiger partial charge in [-0.05, 0) is 6.92 Å². The Labute approximate surface area is 66.3 Å². The molecule has 0 aromatic carbocycles. The number of hydrogen-bond acceptors (Lipinski definition) is 4. The Bertz CT molecular complexity index is 265. The Balaban J connectivity index is 3.13. The lowest BCUT2D eigenvalue weighted by molar-refractivity contribution is 0.488. The van der Waals surface area contributed by atoms with Crippen molar-refractivity contribution >= 4 is 10.8 Å². The van der Waals surface area contributed by atoms with Gasteiger partial charge in [0.05, 0.1) is 5.69 Å². The van der Waals surface area contributed by atoms with Crippen LogP contribution in [0.4, 0.5) is 0 Å². The number of hydrogen-bond donors (Lipinski definition) is 3. The zero-order valence-corrected chi connectivity index (χ0v) is 7.17. The number of nitrogens with zero attached hydrogens (tertiary/aromatic N) is 2. The smallest absolute Gasteiger partial charge is 0.116 e. The molecule has 0 aliphatic rings. The van der Waals surface area contributed by atoms with Crippen LogP contribution in [0.1, 0.15) is 5.69 Å². The average Bonchev–Trinajstić information content (AvgIpc) is 2.08. The molecule has 1 heterocycles. The van der Waals surface area contributed by atoms with E-state index in [4.69, 9.17) is 14.2 Å². The highest BCUT2D eigenvalue weighted by Gasteiger charge is 2.15. The molecule has 0 aliphatic carbocycles. The van der Waals surface area contributed by atoms with Crippen molar-refractivity contribution in [3.8, 4) is 0 Å². The molecule has 0 amide bonds. The molecule has 0 radical (unpaired) electrons. The van der Waals surface area contributed by atoms with Gasteiger partial charge in [-0.15, -0.1) is 10.8 Å². The lowest BCUT2D eigenvalue weighted by Crippen LogP contribution is -2.08. The van der Waals surface area contributed by atoms with Gasteiger partial charge in [0, 0.05) is 13.2 Å². The molecule has 0 saturated heterocycles. The summed E-state index contributed by atoms with van der Waals surface area (Å²) < 4.78 is 19.6. The maximum Gasteiger partial charge on any atom is 0.116 e. The first kappa shape index (κ1) is 8.54. The Hall–Kier alpha value is -0.560.